The first-order chi connectivity index (χ1) is 29.7. The van der Waals surface area contributed by atoms with Gasteiger partial charge in [-0.05, 0) is 91.3 Å². The first-order valence-corrected chi connectivity index (χ1v) is 20.3. The third kappa shape index (κ3) is 6.49. The molecule has 60 heavy (non-hydrogen) atoms. The lowest BCUT2D eigenvalue weighted by molar-refractivity contribution is 1.19. The van der Waals surface area contributed by atoms with E-state index in [4.69, 9.17) is 15.0 Å². The van der Waals surface area contributed by atoms with Crippen LogP contribution >= 0.6 is 0 Å². The maximum absolute atomic E-state index is 5.31. The van der Waals surface area contributed by atoms with Gasteiger partial charge in [0.25, 0.3) is 0 Å². The van der Waals surface area contributed by atoms with Crippen LogP contribution < -0.4 is 0 Å². The number of hydrogen-bond acceptors (Lipinski definition) is 3. The predicted octanol–water partition coefficient (Wildman–Crippen LogP) is 15.0. The summed E-state index contributed by atoms with van der Waals surface area (Å²) in [5, 5.41) is 5.79. The van der Waals surface area contributed by atoms with Crippen molar-refractivity contribution in [1.29, 1.82) is 0 Å². The van der Waals surface area contributed by atoms with Crippen LogP contribution in [0.25, 0.3) is 111 Å². The van der Waals surface area contributed by atoms with E-state index in [1.54, 1.807) is 0 Å². The van der Waals surface area contributed by atoms with Gasteiger partial charge >= 0.3 is 0 Å². The van der Waals surface area contributed by atoms with E-state index in [0.717, 1.165) is 88.8 Å². The van der Waals surface area contributed by atoms with Gasteiger partial charge in [-0.3, -0.25) is 0 Å². The van der Waals surface area contributed by atoms with Crippen molar-refractivity contribution in [2.75, 3.05) is 0 Å². The Hall–Kier alpha value is -8.01. The molecule has 2 heterocycles. The smallest absolute Gasteiger partial charge is 0.161 e. The highest BCUT2D eigenvalue weighted by atomic mass is 14.9. The molecule has 9 aromatic carbocycles. The number of benzene rings is 9. The summed E-state index contributed by atoms with van der Waals surface area (Å²) in [5.74, 6) is 0.691. The molecule has 0 radical (unpaired) electrons. The predicted molar refractivity (Wildman–Crippen MR) is 250 cm³/mol. The Kier molecular flexibility index (Phi) is 8.83. The number of pyridine rings is 1. The van der Waals surface area contributed by atoms with E-state index in [2.05, 4.69) is 212 Å². The Balaban J connectivity index is 1.07. The van der Waals surface area contributed by atoms with Crippen molar-refractivity contribution in [2.24, 2.45) is 0 Å². The quantitative estimate of drug-likeness (QED) is 0.152. The van der Waals surface area contributed by atoms with Crippen LogP contribution in [0.4, 0.5) is 0 Å². The molecule has 0 atom stereocenters. The molecule has 280 valence electrons. The number of nitrogens with zero attached hydrogens (tertiary/aromatic N) is 3. The lowest BCUT2D eigenvalue weighted by Crippen LogP contribution is -1.97. The second-order valence-electron chi connectivity index (χ2n) is 15.2. The topological polar surface area (TPSA) is 38.7 Å². The Morgan fingerprint density at radius 1 is 0.250 bits per heavy atom. The van der Waals surface area contributed by atoms with Crippen LogP contribution in [0.5, 0.6) is 0 Å². The maximum atomic E-state index is 5.31. The Labute approximate surface area is 349 Å². The van der Waals surface area contributed by atoms with Gasteiger partial charge in [-0.2, -0.15) is 0 Å². The highest BCUT2D eigenvalue weighted by molar-refractivity contribution is 6.14. The minimum absolute atomic E-state index is 0.691. The molecule has 11 aromatic rings. The number of rotatable bonds is 7. The first-order valence-electron chi connectivity index (χ1n) is 20.3. The zero-order valence-electron chi connectivity index (χ0n) is 32.7. The van der Waals surface area contributed by atoms with E-state index in [9.17, 15) is 0 Å². The van der Waals surface area contributed by atoms with E-state index >= 15 is 0 Å². The van der Waals surface area contributed by atoms with Crippen LogP contribution in [0, 0.1) is 0 Å². The highest BCUT2D eigenvalue weighted by Crippen LogP contribution is 2.41. The van der Waals surface area contributed by atoms with E-state index in [1.807, 2.05) is 12.1 Å². The largest absolute Gasteiger partial charge is 0.248 e. The van der Waals surface area contributed by atoms with E-state index in [-0.39, 0.29) is 0 Å². The summed E-state index contributed by atoms with van der Waals surface area (Å²) < 4.78 is 0. The summed E-state index contributed by atoms with van der Waals surface area (Å²) in [5.41, 5.74) is 14.8. The van der Waals surface area contributed by atoms with Crippen molar-refractivity contribution >= 4 is 32.4 Å². The van der Waals surface area contributed by atoms with Crippen molar-refractivity contribution in [3.63, 3.8) is 0 Å². The Morgan fingerprint density at radius 2 is 0.733 bits per heavy atom. The van der Waals surface area contributed by atoms with Crippen molar-refractivity contribution < 1.29 is 0 Å². The minimum Gasteiger partial charge on any atom is -0.248 e. The molecule has 3 nitrogen and oxygen atoms in total. The third-order valence-corrected chi connectivity index (χ3v) is 11.5. The molecule has 11 rings (SSSR count). The summed E-state index contributed by atoms with van der Waals surface area (Å²) in [4.78, 5) is 15.8. The molecule has 3 heteroatoms. The zero-order chi connectivity index (χ0) is 39.8. The van der Waals surface area contributed by atoms with Gasteiger partial charge in [0, 0.05) is 27.6 Å². The van der Waals surface area contributed by atoms with Crippen LogP contribution in [0.3, 0.4) is 0 Å². The molecule has 0 fully saturated rings. The second-order valence-corrected chi connectivity index (χ2v) is 15.2. The normalized spacial score (nSPS) is 11.3. The van der Waals surface area contributed by atoms with Crippen LogP contribution in [0.2, 0.25) is 0 Å². The SMILES string of the molecule is c1ccc(-c2cccc(-c3cc(-c4ccccc4)nc(-c4ccc(-c5cccc(-c6cc(-c7ccccc7)nc7ccc8ccccc8c67)c5)c5ccccc45)n3)c2)cc1. The van der Waals surface area contributed by atoms with Gasteiger partial charge in [-0.1, -0.05) is 188 Å². The molecule has 0 aliphatic heterocycles. The van der Waals surface area contributed by atoms with E-state index < -0.39 is 0 Å². The van der Waals surface area contributed by atoms with Gasteiger partial charge in [0.05, 0.1) is 22.6 Å². The lowest BCUT2D eigenvalue weighted by atomic mass is 9.90. The summed E-state index contributed by atoms with van der Waals surface area (Å²) in [7, 11) is 0. The van der Waals surface area contributed by atoms with Crippen molar-refractivity contribution in [2.45, 2.75) is 0 Å². The molecular weight excluding hydrogens is 727 g/mol. The molecular formula is C57H37N3. The van der Waals surface area contributed by atoms with Crippen LogP contribution in [0.1, 0.15) is 0 Å². The molecule has 0 aliphatic carbocycles. The molecule has 0 saturated carbocycles. The van der Waals surface area contributed by atoms with Crippen LogP contribution in [-0.2, 0) is 0 Å². The fourth-order valence-corrected chi connectivity index (χ4v) is 8.55. The maximum Gasteiger partial charge on any atom is 0.161 e. The fraction of sp³-hybridized carbons (Fsp3) is 0. The molecule has 0 N–H and O–H groups in total. The van der Waals surface area contributed by atoms with E-state index in [0.29, 0.717) is 5.82 Å². The van der Waals surface area contributed by atoms with Gasteiger partial charge in [-0.15, -0.1) is 0 Å². The van der Waals surface area contributed by atoms with Gasteiger partial charge in [-0.25, -0.2) is 15.0 Å². The van der Waals surface area contributed by atoms with Crippen LogP contribution in [0.15, 0.2) is 224 Å². The minimum atomic E-state index is 0.691. The number of aromatic nitrogens is 3. The van der Waals surface area contributed by atoms with Crippen molar-refractivity contribution in [3.05, 3.63) is 224 Å². The molecule has 0 aliphatic rings. The lowest BCUT2D eigenvalue weighted by Gasteiger charge is -2.16. The highest BCUT2D eigenvalue weighted by Gasteiger charge is 2.17. The fourth-order valence-electron chi connectivity index (χ4n) is 8.55. The van der Waals surface area contributed by atoms with E-state index in [1.165, 1.54) is 16.3 Å². The standard InChI is InChI=1S/C57H37N3/c1-4-16-38(17-5-1)42-23-14-26-45(34-42)55-37-54(41-21-8-3-9-22-41)59-57(60-55)50-32-31-46(48-28-12-13-29-49(48)50)43-24-15-25-44(35-43)51-36-53(40-19-6-2-7-20-40)58-52-33-30-39-18-10-11-27-47(39)56(51)52/h1-37H. The van der Waals surface area contributed by atoms with Gasteiger partial charge in [0.15, 0.2) is 5.82 Å². The third-order valence-electron chi connectivity index (χ3n) is 11.5. The molecule has 0 spiro atoms. The number of fused-ring (bicyclic) bond motifs is 4. The summed E-state index contributed by atoms with van der Waals surface area (Å²) in [6.07, 6.45) is 0. The average molecular weight is 764 g/mol. The molecule has 0 saturated heterocycles. The van der Waals surface area contributed by atoms with Gasteiger partial charge in [0.2, 0.25) is 0 Å². The molecule has 2 aromatic heterocycles. The van der Waals surface area contributed by atoms with Crippen LogP contribution in [-0.4, -0.2) is 15.0 Å². The Morgan fingerprint density at radius 3 is 1.43 bits per heavy atom. The van der Waals surface area contributed by atoms with Crippen molar-refractivity contribution in [3.8, 4) is 78.5 Å². The number of hydrogen-bond donors (Lipinski definition) is 0. The van der Waals surface area contributed by atoms with Gasteiger partial charge < -0.3 is 0 Å². The van der Waals surface area contributed by atoms with Crippen molar-refractivity contribution in [1.82, 2.24) is 15.0 Å². The summed E-state index contributed by atoms with van der Waals surface area (Å²) >= 11 is 0. The average Bonchev–Trinajstić information content (AvgIpc) is 3.34. The van der Waals surface area contributed by atoms with Gasteiger partial charge in [0.1, 0.15) is 0 Å². The summed E-state index contributed by atoms with van der Waals surface area (Å²) in [6, 6.07) is 79.3. The molecule has 0 bridgehead atoms. The zero-order valence-corrected chi connectivity index (χ0v) is 32.7. The molecule has 0 amide bonds. The Bertz CT molecular complexity index is 3360. The second kappa shape index (κ2) is 15.1. The molecule has 0 unspecified atom stereocenters. The summed E-state index contributed by atoms with van der Waals surface area (Å²) in [6.45, 7) is 0. The monoisotopic (exact) mass is 763 g/mol. The first kappa shape index (κ1) is 35.2.